The van der Waals surface area contributed by atoms with Crippen LogP contribution in [0.2, 0.25) is 0 Å². The Morgan fingerprint density at radius 2 is 2.30 bits per heavy atom. The van der Waals surface area contributed by atoms with Crippen molar-refractivity contribution in [2.24, 2.45) is 0 Å². The normalized spacial score (nSPS) is 11.2. The van der Waals surface area contributed by atoms with Crippen molar-refractivity contribution in [1.29, 1.82) is 0 Å². The number of fused-ring (bicyclic) bond motifs is 1. The number of rotatable bonds is 4. The fourth-order valence-corrected chi connectivity index (χ4v) is 2.48. The van der Waals surface area contributed by atoms with E-state index in [-0.39, 0.29) is 5.91 Å². The highest BCUT2D eigenvalue weighted by Crippen LogP contribution is 2.10. The first-order valence-corrected chi connectivity index (χ1v) is 7.12. The van der Waals surface area contributed by atoms with Gasteiger partial charge < -0.3 is 5.32 Å². The molecule has 3 aromatic heterocycles. The molecule has 100 valence electrons. The van der Waals surface area contributed by atoms with Gasteiger partial charge in [-0.25, -0.2) is 4.52 Å². The highest BCUT2D eigenvalue weighted by Gasteiger charge is 2.02. The van der Waals surface area contributed by atoms with Crippen LogP contribution in [0.5, 0.6) is 0 Å². The third kappa shape index (κ3) is 2.95. The first kappa shape index (κ1) is 12.6. The van der Waals surface area contributed by atoms with Crippen LogP contribution in [0.1, 0.15) is 10.6 Å². The molecule has 0 saturated carbocycles. The van der Waals surface area contributed by atoms with E-state index in [0.717, 1.165) is 16.1 Å². The van der Waals surface area contributed by atoms with Crippen molar-refractivity contribution in [3.05, 3.63) is 64.6 Å². The van der Waals surface area contributed by atoms with Gasteiger partial charge in [0.2, 0.25) is 5.91 Å². The van der Waals surface area contributed by atoms with Crippen LogP contribution in [0.3, 0.4) is 0 Å². The molecule has 3 rings (SSSR count). The third-order valence-corrected chi connectivity index (χ3v) is 3.64. The van der Waals surface area contributed by atoms with Crippen LogP contribution in [0, 0.1) is 0 Å². The summed E-state index contributed by atoms with van der Waals surface area (Å²) in [6, 6.07) is 11.8. The van der Waals surface area contributed by atoms with Crippen LogP contribution in [-0.2, 0) is 11.3 Å². The molecule has 3 heterocycles. The molecule has 0 saturated heterocycles. The first-order chi connectivity index (χ1) is 9.81. The summed E-state index contributed by atoms with van der Waals surface area (Å²) in [7, 11) is 0. The van der Waals surface area contributed by atoms with Crippen molar-refractivity contribution in [3.63, 3.8) is 0 Å². The Hall–Kier alpha value is -2.40. The van der Waals surface area contributed by atoms with Gasteiger partial charge >= 0.3 is 0 Å². The van der Waals surface area contributed by atoms with Crippen molar-refractivity contribution < 1.29 is 4.79 Å². The highest BCUT2D eigenvalue weighted by atomic mass is 32.1. The Morgan fingerprint density at radius 3 is 3.10 bits per heavy atom. The quantitative estimate of drug-likeness (QED) is 0.748. The van der Waals surface area contributed by atoms with E-state index < -0.39 is 0 Å². The summed E-state index contributed by atoms with van der Waals surface area (Å²) in [5.41, 5.74) is 1.86. The second kappa shape index (κ2) is 5.71. The molecule has 0 bridgehead atoms. The van der Waals surface area contributed by atoms with Gasteiger partial charge in [0.25, 0.3) is 0 Å². The number of nitrogens with one attached hydrogen (secondary N) is 1. The minimum atomic E-state index is -0.115. The van der Waals surface area contributed by atoms with E-state index in [1.54, 1.807) is 21.9 Å². The Bertz CT molecular complexity index is 710. The van der Waals surface area contributed by atoms with Gasteiger partial charge in [0.15, 0.2) is 0 Å². The Balaban J connectivity index is 1.60. The van der Waals surface area contributed by atoms with Crippen LogP contribution < -0.4 is 5.32 Å². The molecule has 0 spiro atoms. The molecule has 0 aromatic carbocycles. The maximum absolute atomic E-state index is 11.7. The van der Waals surface area contributed by atoms with Gasteiger partial charge in [-0.2, -0.15) is 5.10 Å². The van der Waals surface area contributed by atoms with Crippen molar-refractivity contribution in [1.82, 2.24) is 14.9 Å². The number of hydrogen-bond donors (Lipinski definition) is 1. The van der Waals surface area contributed by atoms with Crippen LogP contribution in [0.25, 0.3) is 11.6 Å². The number of amides is 1. The molecule has 1 amide bonds. The number of carbonyl (C=O) groups excluding carboxylic acids is 1. The van der Waals surface area contributed by atoms with E-state index >= 15 is 0 Å². The maximum atomic E-state index is 11.7. The van der Waals surface area contributed by atoms with Crippen LogP contribution in [0.4, 0.5) is 0 Å². The van der Waals surface area contributed by atoms with Gasteiger partial charge in [-0.15, -0.1) is 11.3 Å². The molecule has 0 radical (unpaired) electrons. The molecule has 0 aliphatic heterocycles. The van der Waals surface area contributed by atoms with Gasteiger partial charge in [-0.3, -0.25) is 4.79 Å². The first-order valence-electron chi connectivity index (χ1n) is 6.24. The van der Waals surface area contributed by atoms with Crippen molar-refractivity contribution in [2.75, 3.05) is 0 Å². The molecule has 20 heavy (non-hydrogen) atoms. The van der Waals surface area contributed by atoms with Gasteiger partial charge in [-0.05, 0) is 35.7 Å². The number of thiophene rings is 1. The lowest BCUT2D eigenvalue weighted by Crippen LogP contribution is -2.20. The zero-order chi connectivity index (χ0) is 13.8. The fraction of sp³-hybridized carbons (Fsp3) is 0.0667. The molecular formula is C15H13N3OS. The molecule has 1 N–H and O–H groups in total. The molecular weight excluding hydrogens is 270 g/mol. The second-order valence-corrected chi connectivity index (χ2v) is 5.25. The summed E-state index contributed by atoms with van der Waals surface area (Å²) in [5, 5.41) is 9.18. The topological polar surface area (TPSA) is 46.4 Å². The van der Waals surface area contributed by atoms with Crippen LogP contribution >= 0.6 is 11.3 Å². The average molecular weight is 283 g/mol. The lowest BCUT2D eigenvalue weighted by Gasteiger charge is -1.97. The zero-order valence-corrected chi connectivity index (χ0v) is 11.5. The monoisotopic (exact) mass is 283 g/mol. The SMILES string of the molecule is O=C(C=Cc1cccs1)NCc1cc2ccccn2n1. The predicted molar refractivity (Wildman–Crippen MR) is 80.4 cm³/mol. The molecule has 4 nitrogen and oxygen atoms in total. The molecule has 3 aromatic rings. The van der Waals surface area contributed by atoms with E-state index in [4.69, 9.17) is 0 Å². The minimum Gasteiger partial charge on any atom is -0.347 e. The molecule has 0 atom stereocenters. The van der Waals surface area contributed by atoms with Crippen LogP contribution in [0.15, 0.2) is 54.1 Å². The Kier molecular flexibility index (Phi) is 3.60. The summed E-state index contributed by atoms with van der Waals surface area (Å²) in [6.07, 6.45) is 5.24. The van der Waals surface area contributed by atoms with E-state index in [2.05, 4.69) is 10.4 Å². The van der Waals surface area contributed by atoms with E-state index in [1.165, 1.54) is 0 Å². The highest BCUT2D eigenvalue weighted by molar-refractivity contribution is 7.10. The average Bonchev–Trinajstić information content (AvgIpc) is 3.11. The molecule has 0 unspecified atom stereocenters. The molecule has 0 aliphatic rings. The van der Waals surface area contributed by atoms with Crippen molar-refractivity contribution in [2.45, 2.75) is 6.54 Å². The lowest BCUT2D eigenvalue weighted by atomic mass is 10.3. The summed E-state index contributed by atoms with van der Waals surface area (Å²) >= 11 is 1.60. The maximum Gasteiger partial charge on any atom is 0.244 e. The number of carbonyl (C=O) groups is 1. The standard InChI is InChI=1S/C15H13N3OS/c19-15(7-6-14-5-3-9-20-14)16-11-12-10-13-4-1-2-8-18(13)17-12/h1-10H,11H2,(H,16,19). The summed E-state index contributed by atoms with van der Waals surface area (Å²) in [5.74, 6) is -0.115. The van der Waals surface area contributed by atoms with Gasteiger partial charge in [0, 0.05) is 17.2 Å². The van der Waals surface area contributed by atoms with Gasteiger partial charge in [-0.1, -0.05) is 12.1 Å². The third-order valence-electron chi connectivity index (χ3n) is 2.81. The minimum absolute atomic E-state index is 0.115. The van der Waals surface area contributed by atoms with Gasteiger partial charge in [0.1, 0.15) is 0 Å². The van der Waals surface area contributed by atoms with Crippen molar-refractivity contribution in [3.8, 4) is 0 Å². The molecule has 0 fully saturated rings. The van der Waals surface area contributed by atoms with E-state index in [1.807, 2.05) is 54.1 Å². The number of nitrogens with zero attached hydrogens (tertiary/aromatic N) is 2. The predicted octanol–water partition coefficient (Wildman–Crippen LogP) is 2.73. The van der Waals surface area contributed by atoms with Crippen LogP contribution in [-0.4, -0.2) is 15.5 Å². The number of pyridine rings is 1. The smallest absolute Gasteiger partial charge is 0.244 e. The molecule has 5 heteroatoms. The largest absolute Gasteiger partial charge is 0.347 e. The number of hydrogen-bond acceptors (Lipinski definition) is 3. The van der Waals surface area contributed by atoms with E-state index in [9.17, 15) is 4.79 Å². The summed E-state index contributed by atoms with van der Waals surface area (Å²) in [6.45, 7) is 0.426. The lowest BCUT2D eigenvalue weighted by molar-refractivity contribution is -0.116. The van der Waals surface area contributed by atoms with Crippen molar-refractivity contribution >= 4 is 28.8 Å². The zero-order valence-electron chi connectivity index (χ0n) is 10.7. The van der Waals surface area contributed by atoms with E-state index in [0.29, 0.717) is 6.54 Å². The summed E-state index contributed by atoms with van der Waals surface area (Å²) in [4.78, 5) is 12.8. The Labute approximate surface area is 120 Å². The number of aromatic nitrogens is 2. The second-order valence-electron chi connectivity index (χ2n) is 4.27. The molecule has 0 aliphatic carbocycles. The van der Waals surface area contributed by atoms with Gasteiger partial charge in [0.05, 0.1) is 17.8 Å². The Morgan fingerprint density at radius 1 is 1.35 bits per heavy atom. The summed E-state index contributed by atoms with van der Waals surface area (Å²) < 4.78 is 1.79. The fourth-order valence-electron chi connectivity index (χ4n) is 1.86.